The van der Waals surface area contributed by atoms with Crippen molar-refractivity contribution < 1.29 is 28.5 Å². The van der Waals surface area contributed by atoms with Gasteiger partial charge in [-0.2, -0.15) is 0 Å². The SMILES string of the molecule is C[C@H](OC(=O)[C@@H]1CCCO1)C(=O)NCc1ccc2c(c1)OCO2. The molecule has 1 N–H and O–H groups in total. The van der Waals surface area contributed by atoms with E-state index in [1.165, 1.54) is 0 Å². The minimum absolute atomic E-state index is 0.210. The molecule has 1 saturated heterocycles. The van der Waals surface area contributed by atoms with Crippen molar-refractivity contribution in [3.63, 3.8) is 0 Å². The van der Waals surface area contributed by atoms with Crippen LogP contribution in [0.1, 0.15) is 25.3 Å². The van der Waals surface area contributed by atoms with Gasteiger partial charge in [-0.1, -0.05) is 6.07 Å². The minimum Gasteiger partial charge on any atom is -0.454 e. The quantitative estimate of drug-likeness (QED) is 0.819. The first-order chi connectivity index (χ1) is 11.1. The zero-order chi connectivity index (χ0) is 16.2. The standard InChI is InChI=1S/C16H19NO6/c1-10(23-16(19)13-3-2-6-20-13)15(18)17-8-11-4-5-12-14(7-11)22-9-21-12/h4-5,7,10,13H,2-3,6,8-9H2,1H3,(H,17,18)/t10-,13-/m0/s1. The number of esters is 1. The Hall–Kier alpha value is -2.28. The van der Waals surface area contributed by atoms with Gasteiger partial charge in [-0.05, 0) is 37.5 Å². The molecule has 23 heavy (non-hydrogen) atoms. The van der Waals surface area contributed by atoms with Crippen molar-refractivity contribution in [2.45, 2.75) is 38.5 Å². The molecule has 0 aliphatic carbocycles. The third kappa shape index (κ3) is 3.73. The van der Waals surface area contributed by atoms with Gasteiger partial charge in [0.1, 0.15) is 0 Å². The first-order valence-electron chi connectivity index (χ1n) is 7.62. The molecule has 1 aromatic rings. The van der Waals surface area contributed by atoms with E-state index in [0.717, 1.165) is 12.0 Å². The third-order valence-electron chi connectivity index (χ3n) is 3.76. The van der Waals surface area contributed by atoms with Gasteiger partial charge >= 0.3 is 5.97 Å². The third-order valence-corrected chi connectivity index (χ3v) is 3.76. The number of carbonyl (C=O) groups excluding carboxylic acids is 2. The molecule has 0 spiro atoms. The van der Waals surface area contributed by atoms with Crippen LogP contribution in [0.2, 0.25) is 0 Å². The van der Waals surface area contributed by atoms with Crippen molar-refractivity contribution in [2.75, 3.05) is 13.4 Å². The molecule has 3 rings (SSSR count). The van der Waals surface area contributed by atoms with E-state index in [1.54, 1.807) is 13.0 Å². The lowest BCUT2D eigenvalue weighted by Gasteiger charge is -2.16. The van der Waals surface area contributed by atoms with Gasteiger partial charge in [0, 0.05) is 13.2 Å². The van der Waals surface area contributed by atoms with Crippen LogP contribution in [0.5, 0.6) is 11.5 Å². The molecule has 1 fully saturated rings. The number of hydrogen-bond acceptors (Lipinski definition) is 6. The number of amides is 1. The summed E-state index contributed by atoms with van der Waals surface area (Å²) in [6.07, 6.45) is 0.0780. The van der Waals surface area contributed by atoms with Gasteiger partial charge in [0.25, 0.3) is 5.91 Å². The van der Waals surface area contributed by atoms with E-state index in [0.29, 0.717) is 31.1 Å². The fourth-order valence-electron chi connectivity index (χ4n) is 2.45. The Morgan fingerprint density at radius 2 is 2.17 bits per heavy atom. The van der Waals surface area contributed by atoms with Crippen LogP contribution in [0, 0.1) is 0 Å². The first kappa shape index (κ1) is 15.6. The van der Waals surface area contributed by atoms with Crippen LogP contribution in [0.4, 0.5) is 0 Å². The number of ether oxygens (including phenoxy) is 4. The lowest BCUT2D eigenvalue weighted by atomic mass is 10.2. The maximum Gasteiger partial charge on any atom is 0.336 e. The van der Waals surface area contributed by atoms with Crippen molar-refractivity contribution in [1.29, 1.82) is 0 Å². The first-order valence-corrected chi connectivity index (χ1v) is 7.62. The van der Waals surface area contributed by atoms with E-state index >= 15 is 0 Å². The maximum atomic E-state index is 12.0. The van der Waals surface area contributed by atoms with Gasteiger partial charge in [-0.25, -0.2) is 4.79 Å². The zero-order valence-corrected chi connectivity index (χ0v) is 12.9. The maximum absolute atomic E-state index is 12.0. The molecule has 2 aliphatic heterocycles. The fourth-order valence-corrected chi connectivity index (χ4v) is 2.45. The van der Waals surface area contributed by atoms with Crippen LogP contribution in [0.25, 0.3) is 0 Å². The molecular weight excluding hydrogens is 302 g/mol. The molecule has 0 bridgehead atoms. The van der Waals surface area contributed by atoms with Gasteiger partial charge in [-0.15, -0.1) is 0 Å². The van der Waals surface area contributed by atoms with E-state index in [-0.39, 0.29) is 12.7 Å². The summed E-state index contributed by atoms with van der Waals surface area (Å²) >= 11 is 0. The van der Waals surface area contributed by atoms with Crippen molar-refractivity contribution in [1.82, 2.24) is 5.32 Å². The summed E-state index contributed by atoms with van der Waals surface area (Å²) in [6.45, 7) is 2.63. The summed E-state index contributed by atoms with van der Waals surface area (Å²) in [5.74, 6) is 0.524. The van der Waals surface area contributed by atoms with E-state index in [9.17, 15) is 9.59 Å². The molecule has 1 aromatic carbocycles. The second kappa shape index (κ2) is 6.87. The largest absolute Gasteiger partial charge is 0.454 e. The number of benzene rings is 1. The van der Waals surface area contributed by atoms with Crippen molar-refractivity contribution in [2.24, 2.45) is 0 Å². The van der Waals surface area contributed by atoms with E-state index in [2.05, 4.69) is 5.32 Å². The Bertz CT molecular complexity index is 596. The molecule has 7 heteroatoms. The Morgan fingerprint density at radius 3 is 2.96 bits per heavy atom. The summed E-state index contributed by atoms with van der Waals surface area (Å²) in [5, 5.41) is 2.73. The predicted molar refractivity (Wildman–Crippen MR) is 78.9 cm³/mol. The van der Waals surface area contributed by atoms with Crippen molar-refractivity contribution in [3.05, 3.63) is 23.8 Å². The highest BCUT2D eigenvalue weighted by molar-refractivity contribution is 5.84. The van der Waals surface area contributed by atoms with Crippen molar-refractivity contribution >= 4 is 11.9 Å². The van der Waals surface area contributed by atoms with E-state index in [4.69, 9.17) is 18.9 Å². The highest BCUT2D eigenvalue weighted by atomic mass is 16.7. The second-order valence-corrected chi connectivity index (χ2v) is 5.49. The van der Waals surface area contributed by atoms with E-state index < -0.39 is 18.2 Å². The Kier molecular flexibility index (Phi) is 4.66. The number of hydrogen-bond donors (Lipinski definition) is 1. The molecule has 0 saturated carbocycles. The molecule has 2 heterocycles. The second-order valence-electron chi connectivity index (χ2n) is 5.49. The van der Waals surface area contributed by atoms with Crippen LogP contribution in [-0.4, -0.2) is 37.5 Å². The van der Waals surface area contributed by atoms with Crippen LogP contribution in [-0.2, 0) is 25.6 Å². The lowest BCUT2D eigenvalue weighted by molar-refractivity contribution is -0.163. The van der Waals surface area contributed by atoms with Crippen LogP contribution < -0.4 is 14.8 Å². The zero-order valence-electron chi connectivity index (χ0n) is 12.9. The smallest absolute Gasteiger partial charge is 0.336 e. The summed E-state index contributed by atoms with van der Waals surface area (Å²) in [4.78, 5) is 23.8. The van der Waals surface area contributed by atoms with Crippen LogP contribution in [0.15, 0.2) is 18.2 Å². The minimum atomic E-state index is -0.860. The average molecular weight is 321 g/mol. The normalized spacial score (nSPS) is 20.1. The van der Waals surface area contributed by atoms with E-state index in [1.807, 2.05) is 12.1 Å². The Balaban J connectivity index is 1.47. The predicted octanol–water partition coefficient (Wildman–Crippen LogP) is 1.14. The fraction of sp³-hybridized carbons (Fsp3) is 0.500. The van der Waals surface area contributed by atoms with Gasteiger partial charge in [-0.3, -0.25) is 4.79 Å². The summed E-state index contributed by atoms with van der Waals surface area (Å²) in [5.41, 5.74) is 0.875. The average Bonchev–Trinajstić information content (AvgIpc) is 3.22. The van der Waals surface area contributed by atoms with Crippen molar-refractivity contribution in [3.8, 4) is 11.5 Å². The van der Waals surface area contributed by atoms with Gasteiger partial charge < -0.3 is 24.3 Å². The number of rotatable bonds is 5. The monoisotopic (exact) mass is 321 g/mol. The number of carbonyl (C=O) groups is 2. The summed E-state index contributed by atoms with van der Waals surface area (Å²) in [7, 11) is 0. The molecule has 2 aliphatic rings. The van der Waals surface area contributed by atoms with Gasteiger partial charge in [0.05, 0.1) is 0 Å². The highest BCUT2D eigenvalue weighted by Gasteiger charge is 2.28. The topological polar surface area (TPSA) is 83.1 Å². The molecule has 1 amide bonds. The lowest BCUT2D eigenvalue weighted by Crippen LogP contribution is -2.37. The molecular formula is C16H19NO6. The molecule has 0 aromatic heterocycles. The molecule has 0 unspecified atom stereocenters. The van der Waals surface area contributed by atoms with Gasteiger partial charge in [0.15, 0.2) is 23.7 Å². The van der Waals surface area contributed by atoms with Gasteiger partial charge in [0.2, 0.25) is 6.79 Å². The number of nitrogens with one attached hydrogen (secondary N) is 1. The van der Waals surface area contributed by atoms with Crippen LogP contribution >= 0.6 is 0 Å². The molecule has 7 nitrogen and oxygen atoms in total. The number of fused-ring (bicyclic) bond motifs is 1. The highest BCUT2D eigenvalue weighted by Crippen LogP contribution is 2.32. The summed E-state index contributed by atoms with van der Waals surface area (Å²) < 4.78 is 20.9. The molecule has 0 radical (unpaired) electrons. The van der Waals surface area contributed by atoms with Crippen LogP contribution in [0.3, 0.4) is 0 Å². The molecule has 124 valence electrons. The summed E-state index contributed by atoms with van der Waals surface area (Å²) in [6, 6.07) is 5.45. The Labute approximate surface area is 133 Å². The Morgan fingerprint density at radius 1 is 1.35 bits per heavy atom. The molecule has 2 atom stereocenters.